The number of aromatic nitrogens is 2. The summed E-state index contributed by atoms with van der Waals surface area (Å²) >= 11 is 0. The molecule has 2 fully saturated rings. The van der Waals surface area contributed by atoms with Crippen LogP contribution in [0.25, 0.3) is 0 Å². The second kappa shape index (κ2) is 7.87. The summed E-state index contributed by atoms with van der Waals surface area (Å²) in [5.74, 6) is -0.0788. The third kappa shape index (κ3) is 4.51. The molecule has 3 rings (SSSR count). The van der Waals surface area contributed by atoms with E-state index in [1.165, 1.54) is 0 Å². The van der Waals surface area contributed by atoms with Crippen LogP contribution in [0.1, 0.15) is 6.92 Å². The number of nitrogens with one attached hydrogen (secondary N) is 2. The molecule has 2 aliphatic heterocycles. The van der Waals surface area contributed by atoms with Gasteiger partial charge in [0.1, 0.15) is 6.04 Å². The number of anilines is 1. The van der Waals surface area contributed by atoms with Gasteiger partial charge >= 0.3 is 0 Å². The lowest BCUT2D eigenvalue weighted by Gasteiger charge is -2.29. The lowest BCUT2D eigenvalue weighted by molar-refractivity contribution is -0.123. The van der Waals surface area contributed by atoms with Gasteiger partial charge in [0.25, 0.3) is 0 Å². The highest BCUT2D eigenvalue weighted by Gasteiger charge is 2.28. The smallest absolute Gasteiger partial charge is 0.244 e. The van der Waals surface area contributed by atoms with Gasteiger partial charge in [-0.2, -0.15) is 5.10 Å². The molecule has 23 heavy (non-hydrogen) atoms. The summed E-state index contributed by atoms with van der Waals surface area (Å²) in [6.07, 6.45) is 3.43. The van der Waals surface area contributed by atoms with Crippen molar-refractivity contribution in [1.29, 1.82) is 0 Å². The van der Waals surface area contributed by atoms with E-state index in [-0.39, 0.29) is 18.1 Å². The lowest BCUT2D eigenvalue weighted by atomic mass is 10.1. The van der Waals surface area contributed by atoms with Crippen LogP contribution in [0.15, 0.2) is 12.4 Å². The van der Waals surface area contributed by atoms with Crippen molar-refractivity contribution in [3.8, 4) is 0 Å². The van der Waals surface area contributed by atoms with Gasteiger partial charge in [-0.3, -0.25) is 14.4 Å². The Labute approximate surface area is 136 Å². The molecule has 8 heteroatoms. The molecule has 128 valence electrons. The molecule has 0 aromatic carbocycles. The first kappa shape index (κ1) is 16.4. The van der Waals surface area contributed by atoms with Gasteiger partial charge in [-0.25, -0.2) is 0 Å². The molecule has 1 aromatic rings. The number of hydrogen-bond donors (Lipinski definition) is 2. The summed E-state index contributed by atoms with van der Waals surface area (Å²) in [5.41, 5.74) is 0.719. The number of rotatable bonds is 5. The van der Waals surface area contributed by atoms with Gasteiger partial charge in [0.15, 0.2) is 0 Å². The molecule has 0 bridgehead atoms. The van der Waals surface area contributed by atoms with Crippen molar-refractivity contribution in [2.75, 3.05) is 51.3 Å². The molecule has 2 atom stereocenters. The van der Waals surface area contributed by atoms with Crippen molar-refractivity contribution in [3.05, 3.63) is 12.4 Å². The fourth-order valence-electron chi connectivity index (χ4n) is 2.87. The molecule has 2 N–H and O–H groups in total. The Hall–Kier alpha value is -1.48. The summed E-state index contributed by atoms with van der Waals surface area (Å²) in [5, 5.41) is 10.4. The number of carbonyl (C=O) groups is 1. The van der Waals surface area contributed by atoms with Crippen molar-refractivity contribution < 1.29 is 14.3 Å². The number of hydrogen-bond acceptors (Lipinski definition) is 6. The Balaban J connectivity index is 1.47. The van der Waals surface area contributed by atoms with Crippen LogP contribution in [0, 0.1) is 0 Å². The van der Waals surface area contributed by atoms with Gasteiger partial charge in [0, 0.05) is 32.4 Å². The monoisotopic (exact) mass is 323 g/mol. The molecule has 2 saturated heterocycles. The molecule has 1 amide bonds. The van der Waals surface area contributed by atoms with E-state index >= 15 is 0 Å². The van der Waals surface area contributed by atoms with E-state index in [1.54, 1.807) is 6.20 Å². The van der Waals surface area contributed by atoms with Crippen molar-refractivity contribution in [3.63, 3.8) is 0 Å². The van der Waals surface area contributed by atoms with E-state index < -0.39 is 0 Å². The number of amides is 1. The van der Waals surface area contributed by atoms with Crippen molar-refractivity contribution in [1.82, 2.24) is 20.0 Å². The molecule has 0 radical (unpaired) electrons. The molecule has 8 nitrogen and oxygen atoms in total. The topological polar surface area (TPSA) is 80.7 Å². The average molecular weight is 323 g/mol. The summed E-state index contributed by atoms with van der Waals surface area (Å²) in [6.45, 7) is 8.52. The second-order valence-electron chi connectivity index (χ2n) is 5.94. The maximum Gasteiger partial charge on any atom is 0.244 e. The zero-order chi connectivity index (χ0) is 16.1. The molecular formula is C15H25N5O3. The molecule has 0 aliphatic carbocycles. The highest BCUT2D eigenvalue weighted by Crippen LogP contribution is 2.10. The average Bonchev–Trinajstić information content (AvgIpc) is 3.02. The van der Waals surface area contributed by atoms with Crippen molar-refractivity contribution in [2.45, 2.75) is 25.6 Å². The van der Waals surface area contributed by atoms with Crippen LogP contribution in [0.5, 0.6) is 0 Å². The molecule has 0 unspecified atom stereocenters. The minimum Gasteiger partial charge on any atom is -0.379 e. The summed E-state index contributed by atoms with van der Waals surface area (Å²) < 4.78 is 12.7. The number of ether oxygens (including phenoxy) is 2. The molecule has 1 aromatic heterocycles. The largest absolute Gasteiger partial charge is 0.379 e. The fourth-order valence-corrected chi connectivity index (χ4v) is 2.87. The first-order valence-electron chi connectivity index (χ1n) is 8.21. The van der Waals surface area contributed by atoms with Crippen LogP contribution >= 0.6 is 0 Å². The molecule has 3 heterocycles. The third-order valence-electron chi connectivity index (χ3n) is 4.25. The zero-order valence-corrected chi connectivity index (χ0v) is 13.5. The van der Waals surface area contributed by atoms with Gasteiger partial charge in [-0.05, 0) is 6.92 Å². The number of carbonyl (C=O) groups excluding carboxylic acids is 1. The maximum absolute atomic E-state index is 12.3. The zero-order valence-electron chi connectivity index (χ0n) is 13.5. The van der Waals surface area contributed by atoms with E-state index in [9.17, 15) is 4.79 Å². The Morgan fingerprint density at radius 1 is 1.39 bits per heavy atom. The summed E-state index contributed by atoms with van der Waals surface area (Å²) in [4.78, 5) is 14.6. The fraction of sp³-hybridized carbons (Fsp3) is 0.733. The predicted octanol–water partition coefficient (Wildman–Crippen LogP) is -0.469. The van der Waals surface area contributed by atoms with Crippen molar-refractivity contribution in [2.24, 2.45) is 0 Å². The van der Waals surface area contributed by atoms with E-state index in [0.29, 0.717) is 13.2 Å². The molecule has 2 aliphatic rings. The van der Waals surface area contributed by atoms with Crippen LogP contribution in [0.3, 0.4) is 0 Å². The number of nitrogens with zero attached hydrogens (tertiary/aromatic N) is 3. The highest BCUT2D eigenvalue weighted by atomic mass is 16.5. The van der Waals surface area contributed by atoms with Crippen molar-refractivity contribution >= 4 is 11.6 Å². The Morgan fingerprint density at radius 3 is 3.00 bits per heavy atom. The summed E-state index contributed by atoms with van der Waals surface area (Å²) in [7, 11) is 0. The van der Waals surface area contributed by atoms with Crippen LogP contribution in [-0.4, -0.2) is 78.7 Å². The Bertz CT molecular complexity index is 515. The van der Waals surface area contributed by atoms with Gasteiger partial charge in [0.2, 0.25) is 5.91 Å². The third-order valence-corrected chi connectivity index (χ3v) is 4.25. The van der Waals surface area contributed by atoms with E-state index in [1.807, 2.05) is 17.8 Å². The molecular weight excluding hydrogens is 298 g/mol. The standard InChI is InChI=1S/C15H25N5O3/c1-12-14(16-2-7-23-12)15(21)18-13-10-17-20(11-13)4-3-19-5-8-22-9-6-19/h10-12,14,16H,2-9H2,1H3,(H,18,21)/t12-,14+/m1/s1. The molecule has 0 saturated carbocycles. The van der Waals surface area contributed by atoms with E-state index in [0.717, 1.165) is 45.1 Å². The van der Waals surface area contributed by atoms with Crippen LogP contribution in [-0.2, 0) is 20.8 Å². The van der Waals surface area contributed by atoms with Gasteiger partial charge < -0.3 is 20.1 Å². The first-order valence-corrected chi connectivity index (χ1v) is 8.21. The predicted molar refractivity (Wildman–Crippen MR) is 85.3 cm³/mol. The van der Waals surface area contributed by atoms with Gasteiger partial charge in [0.05, 0.1) is 44.4 Å². The van der Waals surface area contributed by atoms with Crippen LogP contribution in [0.2, 0.25) is 0 Å². The molecule has 0 spiro atoms. The second-order valence-corrected chi connectivity index (χ2v) is 5.94. The Morgan fingerprint density at radius 2 is 2.22 bits per heavy atom. The minimum absolute atomic E-state index is 0.0788. The highest BCUT2D eigenvalue weighted by molar-refractivity contribution is 5.95. The summed E-state index contributed by atoms with van der Waals surface area (Å²) in [6, 6.07) is -0.319. The maximum atomic E-state index is 12.3. The van der Waals surface area contributed by atoms with Crippen LogP contribution < -0.4 is 10.6 Å². The lowest BCUT2D eigenvalue weighted by Crippen LogP contribution is -2.53. The minimum atomic E-state index is -0.319. The number of morpholine rings is 2. The van der Waals surface area contributed by atoms with Crippen LogP contribution in [0.4, 0.5) is 5.69 Å². The SMILES string of the molecule is C[C@H]1OCCN[C@@H]1C(=O)Nc1cnn(CCN2CCOCC2)c1. The quantitative estimate of drug-likeness (QED) is 0.763. The van der Waals surface area contributed by atoms with Gasteiger partial charge in [-0.1, -0.05) is 0 Å². The van der Waals surface area contributed by atoms with Gasteiger partial charge in [-0.15, -0.1) is 0 Å². The normalized spacial score (nSPS) is 26.1. The van der Waals surface area contributed by atoms with E-state index in [2.05, 4.69) is 20.6 Å². The Kier molecular flexibility index (Phi) is 5.60. The van der Waals surface area contributed by atoms with E-state index in [4.69, 9.17) is 9.47 Å². The first-order chi connectivity index (χ1) is 11.2.